The Morgan fingerprint density at radius 3 is 2.31 bits per heavy atom. The number of rotatable bonds is 6. The fourth-order valence-electron chi connectivity index (χ4n) is 5.12. The van der Waals surface area contributed by atoms with Crippen molar-refractivity contribution in [3.8, 4) is 11.1 Å². The highest BCUT2D eigenvalue weighted by Gasteiger charge is 2.26. The molecule has 0 saturated carbocycles. The number of hydrogen-bond donors (Lipinski definition) is 4. The summed E-state index contributed by atoms with van der Waals surface area (Å²) < 4.78 is 28.0. The molecular formula is C31H27ClN4O2S. The predicted octanol–water partition coefficient (Wildman–Crippen LogP) is 6.42. The number of guanidine groups is 1. The van der Waals surface area contributed by atoms with Gasteiger partial charge in [-0.05, 0) is 68.9 Å². The zero-order valence-corrected chi connectivity index (χ0v) is 22.6. The number of sulfone groups is 1. The molecule has 1 heterocycles. The van der Waals surface area contributed by atoms with Crippen LogP contribution in [0.1, 0.15) is 5.56 Å². The first-order valence-corrected chi connectivity index (χ1v) is 13.8. The number of H-pyrrole nitrogens is 1. The zero-order chi connectivity index (χ0) is 26.3. The molecule has 0 atom stereocenters. The van der Waals surface area contributed by atoms with Crippen molar-refractivity contribution in [2.45, 2.75) is 16.3 Å². The van der Waals surface area contributed by atoms with Gasteiger partial charge in [0.1, 0.15) is 5.03 Å². The lowest BCUT2D eigenvalue weighted by Crippen LogP contribution is -2.31. The van der Waals surface area contributed by atoms with E-state index in [1.54, 1.807) is 12.1 Å². The van der Waals surface area contributed by atoms with Crippen LogP contribution < -0.4 is 11.1 Å². The number of nitrogens with one attached hydrogen (secondary N) is 3. The molecule has 8 heteroatoms. The Kier molecular flexibility index (Phi) is 7.04. The first-order chi connectivity index (χ1) is 18.4. The number of nitrogens with two attached hydrogens (primary N) is 1. The van der Waals surface area contributed by atoms with E-state index in [4.69, 9.17) is 11.1 Å². The molecule has 0 radical (unpaired) electrons. The summed E-state index contributed by atoms with van der Waals surface area (Å²) >= 11 is 0. The molecular weight excluding hydrogens is 528 g/mol. The topological polar surface area (TPSA) is 112 Å². The second kappa shape index (κ2) is 10.4. The fourth-order valence-corrected chi connectivity index (χ4v) is 6.67. The van der Waals surface area contributed by atoms with Crippen LogP contribution in [0.15, 0.2) is 113 Å². The van der Waals surface area contributed by atoms with Crippen molar-refractivity contribution >= 4 is 60.7 Å². The maximum Gasteiger partial charge on any atom is 0.222 e. The number of benzene rings is 5. The van der Waals surface area contributed by atoms with Crippen LogP contribution in [0.2, 0.25) is 0 Å². The normalized spacial score (nSPS) is 11.5. The maximum absolute atomic E-state index is 14.0. The monoisotopic (exact) mass is 554 g/mol. The van der Waals surface area contributed by atoms with Crippen molar-refractivity contribution in [2.24, 2.45) is 5.73 Å². The molecule has 6 aromatic rings. The molecule has 1 aromatic heterocycles. The van der Waals surface area contributed by atoms with Gasteiger partial charge in [-0.2, -0.15) is 0 Å². The van der Waals surface area contributed by atoms with E-state index in [0.29, 0.717) is 18.5 Å². The number of halogens is 1. The maximum atomic E-state index is 14.0. The lowest BCUT2D eigenvalue weighted by atomic mass is 9.96. The summed E-state index contributed by atoms with van der Waals surface area (Å²) in [5.41, 5.74) is 9.01. The van der Waals surface area contributed by atoms with Gasteiger partial charge in [-0.15, -0.1) is 12.4 Å². The molecule has 0 aliphatic carbocycles. The van der Waals surface area contributed by atoms with Crippen molar-refractivity contribution in [2.75, 3.05) is 6.54 Å². The minimum absolute atomic E-state index is 0. The summed E-state index contributed by atoms with van der Waals surface area (Å²) in [4.78, 5) is 3.44. The fraction of sp³-hybridized carbons (Fsp3) is 0.0645. The summed E-state index contributed by atoms with van der Waals surface area (Å²) in [7, 11) is -3.85. The Hall–Kier alpha value is -4.33. The first kappa shape index (κ1) is 26.3. The van der Waals surface area contributed by atoms with Crippen LogP contribution in [0.3, 0.4) is 0 Å². The van der Waals surface area contributed by atoms with Crippen LogP contribution in [0.25, 0.3) is 43.6 Å². The van der Waals surface area contributed by atoms with E-state index in [1.165, 1.54) is 0 Å². The van der Waals surface area contributed by atoms with Crippen LogP contribution in [0, 0.1) is 5.41 Å². The van der Waals surface area contributed by atoms with Gasteiger partial charge >= 0.3 is 0 Å². The van der Waals surface area contributed by atoms with Crippen molar-refractivity contribution < 1.29 is 8.42 Å². The molecule has 0 saturated heterocycles. The molecule has 6 nitrogen and oxygen atoms in total. The third-order valence-corrected chi connectivity index (χ3v) is 8.72. The second-order valence-corrected chi connectivity index (χ2v) is 11.2. The molecule has 0 amide bonds. The molecule has 6 rings (SSSR count). The van der Waals surface area contributed by atoms with Gasteiger partial charge in [0, 0.05) is 17.4 Å². The van der Waals surface area contributed by atoms with Crippen molar-refractivity contribution in [1.29, 1.82) is 5.41 Å². The van der Waals surface area contributed by atoms with Gasteiger partial charge in [0.25, 0.3) is 0 Å². The molecule has 39 heavy (non-hydrogen) atoms. The quantitative estimate of drug-likeness (QED) is 0.140. The average molecular weight is 555 g/mol. The van der Waals surface area contributed by atoms with Gasteiger partial charge in [-0.3, -0.25) is 5.41 Å². The van der Waals surface area contributed by atoms with Gasteiger partial charge in [0.2, 0.25) is 9.84 Å². The summed E-state index contributed by atoms with van der Waals surface area (Å²) in [5, 5.41) is 15.5. The Labute approximate surface area is 232 Å². The minimum Gasteiger partial charge on any atom is -0.370 e. The van der Waals surface area contributed by atoms with Gasteiger partial charge < -0.3 is 16.0 Å². The molecule has 5 aromatic carbocycles. The van der Waals surface area contributed by atoms with E-state index in [9.17, 15) is 8.42 Å². The van der Waals surface area contributed by atoms with Crippen molar-refractivity contribution in [3.63, 3.8) is 0 Å². The third kappa shape index (κ3) is 4.82. The molecule has 196 valence electrons. The zero-order valence-electron chi connectivity index (χ0n) is 20.9. The standard InChI is InChI=1S/C31H26N4O2S.ClH/c32-31(33)34-17-16-27-28-19-23(26-11-5-9-21-7-3-4-10-25(21)26)13-15-29(28)35-30(27)38(36,37)24-14-12-20-6-1-2-8-22(20)18-24;/h1-15,18-19,35H,16-17H2,(H4,32,33,34);1H. The van der Waals surface area contributed by atoms with Crippen molar-refractivity contribution in [3.05, 3.63) is 109 Å². The van der Waals surface area contributed by atoms with Crippen molar-refractivity contribution in [1.82, 2.24) is 10.3 Å². The highest BCUT2D eigenvalue weighted by atomic mass is 35.5. The van der Waals surface area contributed by atoms with Gasteiger partial charge in [0.05, 0.1) is 4.90 Å². The third-order valence-electron chi connectivity index (χ3n) is 6.96. The minimum atomic E-state index is -3.85. The van der Waals surface area contributed by atoms with Crippen LogP contribution in [0.5, 0.6) is 0 Å². The predicted molar refractivity (Wildman–Crippen MR) is 162 cm³/mol. The Morgan fingerprint density at radius 1 is 0.795 bits per heavy atom. The van der Waals surface area contributed by atoms with Crippen LogP contribution >= 0.6 is 12.4 Å². The summed E-state index contributed by atoms with van der Waals surface area (Å²) in [5.74, 6) is -0.153. The number of fused-ring (bicyclic) bond motifs is 3. The Balaban J connectivity index is 0.00000308. The van der Waals surface area contributed by atoms with Crippen LogP contribution in [0.4, 0.5) is 0 Å². The van der Waals surface area contributed by atoms with Gasteiger partial charge in [0.15, 0.2) is 5.96 Å². The molecule has 0 spiro atoms. The van der Waals surface area contributed by atoms with E-state index in [1.807, 2.05) is 60.7 Å². The average Bonchev–Trinajstić information content (AvgIpc) is 3.31. The molecule has 0 bridgehead atoms. The Bertz CT molecular complexity index is 1960. The first-order valence-electron chi connectivity index (χ1n) is 12.4. The molecule has 0 unspecified atom stereocenters. The van der Waals surface area contributed by atoms with E-state index < -0.39 is 9.84 Å². The molecule has 5 N–H and O–H groups in total. The summed E-state index contributed by atoms with van der Waals surface area (Å²) in [6, 6.07) is 33.3. The number of aromatic nitrogens is 1. The lowest BCUT2D eigenvalue weighted by molar-refractivity contribution is 0.592. The molecule has 0 aliphatic rings. The summed E-state index contributed by atoms with van der Waals surface area (Å²) in [6.45, 7) is 0.334. The van der Waals surface area contributed by atoms with E-state index in [0.717, 1.165) is 43.6 Å². The Morgan fingerprint density at radius 2 is 1.51 bits per heavy atom. The summed E-state index contributed by atoms with van der Waals surface area (Å²) in [6.07, 6.45) is 0.376. The molecule has 0 fully saturated rings. The van der Waals surface area contributed by atoms with Gasteiger partial charge in [-0.25, -0.2) is 8.42 Å². The van der Waals surface area contributed by atoms with E-state index >= 15 is 0 Å². The lowest BCUT2D eigenvalue weighted by Gasteiger charge is -2.10. The largest absolute Gasteiger partial charge is 0.370 e. The van der Waals surface area contributed by atoms with Gasteiger partial charge in [-0.1, -0.05) is 78.9 Å². The van der Waals surface area contributed by atoms with E-state index in [-0.39, 0.29) is 28.3 Å². The smallest absolute Gasteiger partial charge is 0.222 e. The SMILES string of the molecule is Cl.N=C(N)NCCc1c(S(=O)(=O)c2ccc3ccccc3c2)[nH]c2ccc(-c3cccc4ccccc34)cc12. The second-order valence-electron chi connectivity index (χ2n) is 9.32. The molecule has 0 aliphatic heterocycles. The number of hydrogen-bond acceptors (Lipinski definition) is 3. The highest BCUT2D eigenvalue weighted by Crippen LogP contribution is 2.36. The van der Waals surface area contributed by atoms with Crippen LogP contribution in [-0.2, 0) is 16.3 Å². The van der Waals surface area contributed by atoms with Crippen LogP contribution in [-0.4, -0.2) is 25.9 Å². The van der Waals surface area contributed by atoms with E-state index in [2.05, 4.69) is 40.6 Å². The number of aromatic amines is 1. The highest BCUT2D eigenvalue weighted by molar-refractivity contribution is 7.91.